The molecule has 80 valence electrons. The molecule has 0 fully saturated rings. The van der Waals surface area contributed by atoms with Crippen LogP contribution >= 0.6 is 0 Å². The monoisotopic (exact) mass is 186 g/mol. The van der Waals surface area contributed by atoms with E-state index < -0.39 is 0 Å². The average Bonchev–Trinajstić information content (AvgIpc) is 2.11. The number of hydrogen-bond donors (Lipinski definition) is 1. The molecule has 2 heteroatoms. The highest BCUT2D eigenvalue weighted by Gasteiger charge is 1.94. The molecule has 1 N–H and O–H groups in total. The Kier molecular flexibility index (Phi) is 9.94. The summed E-state index contributed by atoms with van der Waals surface area (Å²) < 4.78 is 0. The van der Waals surface area contributed by atoms with Crippen molar-refractivity contribution in [3.8, 4) is 0 Å². The van der Waals surface area contributed by atoms with E-state index in [1.54, 1.807) is 0 Å². The molecule has 0 aliphatic carbocycles. The van der Waals surface area contributed by atoms with Gasteiger partial charge >= 0.3 is 0 Å². The molecule has 0 saturated carbocycles. The molecular formula is C11H26N2. The van der Waals surface area contributed by atoms with Crippen molar-refractivity contribution in [1.82, 2.24) is 10.2 Å². The molecule has 2 nitrogen and oxygen atoms in total. The van der Waals surface area contributed by atoms with E-state index in [1.165, 1.54) is 45.3 Å². The second kappa shape index (κ2) is 10.0. The summed E-state index contributed by atoms with van der Waals surface area (Å²) in [6, 6.07) is 0. The molecule has 0 aromatic rings. The molecule has 0 spiro atoms. The molecule has 0 atom stereocenters. The summed E-state index contributed by atoms with van der Waals surface area (Å²) in [7, 11) is 2.19. The molecule has 0 aliphatic rings. The van der Waals surface area contributed by atoms with Gasteiger partial charge in [-0.1, -0.05) is 26.7 Å². The van der Waals surface area contributed by atoms with Gasteiger partial charge in [0.25, 0.3) is 0 Å². The van der Waals surface area contributed by atoms with Gasteiger partial charge in [0.05, 0.1) is 0 Å². The fourth-order valence-electron chi connectivity index (χ4n) is 1.39. The Hall–Kier alpha value is -0.0800. The van der Waals surface area contributed by atoms with E-state index >= 15 is 0 Å². The third-order valence-corrected chi connectivity index (χ3v) is 2.23. The van der Waals surface area contributed by atoms with E-state index in [0.29, 0.717) is 0 Å². The van der Waals surface area contributed by atoms with Crippen LogP contribution in [0.2, 0.25) is 0 Å². The molecule has 0 aromatic carbocycles. The zero-order valence-electron chi connectivity index (χ0n) is 9.60. The van der Waals surface area contributed by atoms with E-state index in [9.17, 15) is 0 Å². The molecule has 0 heterocycles. The summed E-state index contributed by atoms with van der Waals surface area (Å²) in [5.74, 6) is 0. The first kappa shape index (κ1) is 12.9. The minimum atomic E-state index is 1.14. The number of rotatable bonds is 9. The number of nitrogens with zero attached hydrogens (tertiary/aromatic N) is 1. The van der Waals surface area contributed by atoms with Crippen LogP contribution < -0.4 is 5.32 Å². The van der Waals surface area contributed by atoms with Crippen LogP contribution in [0.1, 0.15) is 39.5 Å². The molecule has 0 radical (unpaired) electrons. The lowest BCUT2D eigenvalue weighted by atomic mass is 10.2. The van der Waals surface area contributed by atoms with E-state index in [4.69, 9.17) is 0 Å². The van der Waals surface area contributed by atoms with E-state index in [-0.39, 0.29) is 0 Å². The van der Waals surface area contributed by atoms with Gasteiger partial charge in [-0.25, -0.2) is 0 Å². The molecule has 0 aromatic heterocycles. The van der Waals surface area contributed by atoms with Crippen molar-refractivity contribution < 1.29 is 0 Å². The summed E-state index contributed by atoms with van der Waals surface area (Å²) in [5, 5.41) is 3.47. The Morgan fingerprint density at radius 3 is 2.31 bits per heavy atom. The van der Waals surface area contributed by atoms with Crippen molar-refractivity contribution in [3.63, 3.8) is 0 Å². The SMILES string of the molecule is CCCCCNCCN(C)CCC. The molecular weight excluding hydrogens is 160 g/mol. The second-order valence-corrected chi connectivity index (χ2v) is 3.76. The van der Waals surface area contributed by atoms with Crippen LogP contribution in [0.3, 0.4) is 0 Å². The Morgan fingerprint density at radius 2 is 1.69 bits per heavy atom. The molecule has 0 bridgehead atoms. The van der Waals surface area contributed by atoms with Crippen LogP contribution in [0.15, 0.2) is 0 Å². The summed E-state index contributed by atoms with van der Waals surface area (Å²) in [4.78, 5) is 2.38. The van der Waals surface area contributed by atoms with Gasteiger partial charge in [0.2, 0.25) is 0 Å². The summed E-state index contributed by atoms with van der Waals surface area (Å²) in [6.45, 7) is 9.20. The van der Waals surface area contributed by atoms with Gasteiger partial charge in [0.15, 0.2) is 0 Å². The van der Waals surface area contributed by atoms with Crippen LogP contribution in [0, 0.1) is 0 Å². The van der Waals surface area contributed by atoms with Crippen molar-refractivity contribution in [3.05, 3.63) is 0 Å². The quantitative estimate of drug-likeness (QED) is 0.555. The van der Waals surface area contributed by atoms with Crippen LogP contribution in [0.25, 0.3) is 0 Å². The van der Waals surface area contributed by atoms with Crippen molar-refractivity contribution in [2.24, 2.45) is 0 Å². The fraction of sp³-hybridized carbons (Fsp3) is 1.00. The van der Waals surface area contributed by atoms with E-state index in [2.05, 4.69) is 31.1 Å². The van der Waals surface area contributed by atoms with E-state index in [0.717, 1.165) is 6.54 Å². The van der Waals surface area contributed by atoms with Crippen molar-refractivity contribution in [2.45, 2.75) is 39.5 Å². The Morgan fingerprint density at radius 1 is 0.923 bits per heavy atom. The van der Waals surface area contributed by atoms with Gasteiger partial charge in [-0.05, 0) is 33.0 Å². The number of likely N-dealkylation sites (N-methyl/N-ethyl adjacent to an activating group) is 1. The first-order chi connectivity index (χ1) is 6.31. The lowest BCUT2D eigenvalue weighted by Crippen LogP contribution is -2.30. The Balaban J connectivity index is 2.97. The van der Waals surface area contributed by atoms with Gasteiger partial charge in [0, 0.05) is 13.1 Å². The minimum absolute atomic E-state index is 1.14. The standard InChI is InChI=1S/C11H26N2/c1-4-6-7-8-12-9-11-13(3)10-5-2/h12H,4-11H2,1-3H3. The van der Waals surface area contributed by atoms with Gasteiger partial charge in [0.1, 0.15) is 0 Å². The highest BCUT2D eigenvalue weighted by atomic mass is 15.1. The number of hydrogen-bond acceptors (Lipinski definition) is 2. The predicted octanol–water partition coefficient (Wildman–Crippen LogP) is 2.11. The zero-order valence-corrected chi connectivity index (χ0v) is 9.60. The van der Waals surface area contributed by atoms with Gasteiger partial charge in [-0.15, -0.1) is 0 Å². The highest BCUT2D eigenvalue weighted by Crippen LogP contribution is 1.91. The molecule has 0 aliphatic heterocycles. The fourth-order valence-corrected chi connectivity index (χ4v) is 1.39. The maximum absolute atomic E-state index is 3.47. The lowest BCUT2D eigenvalue weighted by molar-refractivity contribution is 0.332. The molecule has 0 amide bonds. The minimum Gasteiger partial charge on any atom is -0.315 e. The van der Waals surface area contributed by atoms with Gasteiger partial charge in [-0.2, -0.15) is 0 Å². The van der Waals surface area contributed by atoms with Gasteiger partial charge in [-0.3, -0.25) is 0 Å². The Bertz CT molecular complexity index is 94.1. The van der Waals surface area contributed by atoms with Crippen molar-refractivity contribution in [2.75, 3.05) is 33.2 Å². The maximum atomic E-state index is 3.47. The Labute approximate surface area is 83.7 Å². The third-order valence-electron chi connectivity index (χ3n) is 2.23. The maximum Gasteiger partial charge on any atom is 0.0104 e. The second-order valence-electron chi connectivity index (χ2n) is 3.76. The van der Waals surface area contributed by atoms with Crippen molar-refractivity contribution >= 4 is 0 Å². The lowest BCUT2D eigenvalue weighted by Gasteiger charge is -2.15. The molecule has 0 rings (SSSR count). The van der Waals surface area contributed by atoms with E-state index in [1.807, 2.05) is 0 Å². The highest BCUT2D eigenvalue weighted by molar-refractivity contribution is 4.54. The first-order valence-corrected chi connectivity index (χ1v) is 5.70. The molecule has 0 saturated heterocycles. The van der Waals surface area contributed by atoms with Crippen LogP contribution in [0.5, 0.6) is 0 Å². The third kappa shape index (κ3) is 9.84. The smallest absolute Gasteiger partial charge is 0.0104 e. The largest absolute Gasteiger partial charge is 0.315 e. The summed E-state index contributed by atoms with van der Waals surface area (Å²) >= 11 is 0. The predicted molar refractivity (Wildman–Crippen MR) is 60.2 cm³/mol. The van der Waals surface area contributed by atoms with Gasteiger partial charge < -0.3 is 10.2 Å². The zero-order chi connectivity index (χ0) is 9.94. The topological polar surface area (TPSA) is 15.3 Å². The molecule has 13 heavy (non-hydrogen) atoms. The summed E-state index contributed by atoms with van der Waals surface area (Å²) in [6.07, 6.45) is 5.26. The number of unbranched alkanes of at least 4 members (excludes halogenated alkanes) is 2. The number of nitrogens with one attached hydrogen (secondary N) is 1. The van der Waals surface area contributed by atoms with Crippen LogP contribution in [0.4, 0.5) is 0 Å². The average molecular weight is 186 g/mol. The van der Waals surface area contributed by atoms with Crippen LogP contribution in [-0.4, -0.2) is 38.1 Å². The first-order valence-electron chi connectivity index (χ1n) is 5.70. The molecule has 0 unspecified atom stereocenters. The van der Waals surface area contributed by atoms with Crippen molar-refractivity contribution in [1.29, 1.82) is 0 Å². The summed E-state index contributed by atoms with van der Waals surface area (Å²) in [5.41, 5.74) is 0. The van der Waals surface area contributed by atoms with Crippen LogP contribution in [-0.2, 0) is 0 Å². The normalized spacial score (nSPS) is 11.1.